The first-order valence-electron chi connectivity index (χ1n) is 16.9. The van der Waals surface area contributed by atoms with E-state index < -0.39 is 93.7 Å². The molecule has 0 spiro atoms. The number of carbonyl (C=O) groups is 1. The van der Waals surface area contributed by atoms with Gasteiger partial charge in [0.1, 0.15) is 29.6 Å². The van der Waals surface area contributed by atoms with Crippen molar-refractivity contribution in [1.29, 1.82) is 0 Å². The predicted molar refractivity (Wildman–Crippen MR) is 187 cm³/mol. The van der Waals surface area contributed by atoms with Gasteiger partial charge in [-0.1, -0.05) is 18.1 Å². The highest BCUT2D eigenvalue weighted by molar-refractivity contribution is 7.92. The van der Waals surface area contributed by atoms with Crippen LogP contribution in [0, 0.1) is 29.4 Å². The summed E-state index contributed by atoms with van der Waals surface area (Å²) in [5.41, 5.74) is 3.67. The number of pyridine rings is 1. The molecule has 1 saturated carbocycles. The Balaban J connectivity index is 1.37. The SMILES string of the molecule is Cn1nc(NS(C)(=O)=O)c2cccc(-c3ccc(C#C[C@@H](N)CO)nc3[C@H](Cc3cc(F)cc(F)c3)NC(=O)Cn3nc(C(F)(F)F)c4c3C(F)(F)C3C[C@H]43)c21. The highest BCUT2D eigenvalue weighted by atomic mass is 32.2. The Morgan fingerprint density at radius 1 is 1.11 bits per heavy atom. The normalized spacial score (nSPS) is 18.1. The molecule has 5 aromatic rings. The van der Waals surface area contributed by atoms with Crippen LogP contribution in [0.3, 0.4) is 0 Å². The molecule has 3 heterocycles. The van der Waals surface area contributed by atoms with Gasteiger partial charge < -0.3 is 16.2 Å². The zero-order valence-electron chi connectivity index (χ0n) is 29.3. The van der Waals surface area contributed by atoms with Crippen LogP contribution >= 0.6 is 0 Å². The van der Waals surface area contributed by atoms with Crippen LogP contribution in [0.15, 0.2) is 48.5 Å². The molecule has 20 heteroatoms. The Labute approximate surface area is 313 Å². The molecule has 1 amide bonds. The number of hydrogen-bond acceptors (Lipinski definition) is 8. The van der Waals surface area contributed by atoms with Gasteiger partial charge >= 0.3 is 6.18 Å². The number of aliphatic hydroxyl groups excluding tert-OH is 1. The van der Waals surface area contributed by atoms with E-state index in [1.165, 1.54) is 23.9 Å². The number of sulfonamides is 1. The summed E-state index contributed by atoms with van der Waals surface area (Å²) in [6.07, 6.45) is -4.68. The van der Waals surface area contributed by atoms with Gasteiger partial charge in [-0.2, -0.15) is 32.1 Å². The summed E-state index contributed by atoms with van der Waals surface area (Å²) in [5, 5.41) is 20.1. The van der Waals surface area contributed by atoms with Gasteiger partial charge in [-0.25, -0.2) is 22.2 Å². The van der Waals surface area contributed by atoms with Gasteiger partial charge in [-0.15, -0.1) is 0 Å². The summed E-state index contributed by atoms with van der Waals surface area (Å²) in [4.78, 5) is 18.5. The van der Waals surface area contributed by atoms with Gasteiger partial charge in [0.05, 0.1) is 36.2 Å². The second kappa shape index (κ2) is 13.9. The molecule has 5 N–H and O–H groups in total. The molecule has 1 unspecified atom stereocenters. The third kappa shape index (κ3) is 7.41. The third-order valence-corrected chi connectivity index (χ3v) is 10.0. The van der Waals surface area contributed by atoms with Crippen molar-refractivity contribution in [2.24, 2.45) is 18.7 Å². The zero-order chi connectivity index (χ0) is 40.5. The number of nitrogens with two attached hydrogens (primary N) is 1. The standard InChI is InChI=1S/C36H31F7N8O4S/c1-50-31-23(4-3-5-24(31)34(48-50)49-56(2,54)55)22-9-8-21(7-6-20(44)16-52)45-30(22)27(12-17-10-18(37)13-19(38)11-17)46-28(53)15-51-33-29(32(47-51)36(41,42)43)25-14-26(25)35(33,39)40/h3-5,8-11,13,20,25-27,52H,12,14-16,44H2,1-2H3,(H,46,53)(H,48,49)/t20-,25+,26?,27+/m1/s1. The number of nitrogens with zero attached hydrogens (tertiary/aromatic N) is 5. The fraction of sp³-hybridized carbons (Fsp3) is 0.333. The molecule has 0 aliphatic heterocycles. The lowest BCUT2D eigenvalue weighted by Gasteiger charge is -2.23. The van der Waals surface area contributed by atoms with E-state index in [4.69, 9.17) is 5.73 Å². The first-order chi connectivity index (χ1) is 26.2. The number of amides is 1. The number of fused-ring (bicyclic) bond motifs is 4. The van der Waals surface area contributed by atoms with Crippen molar-refractivity contribution in [3.8, 4) is 23.0 Å². The molecule has 1 fully saturated rings. The van der Waals surface area contributed by atoms with Crippen LogP contribution in [-0.4, -0.2) is 62.9 Å². The van der Waals surface area contributed by atoms with Crippen LogP contribution in [-0.2, 0) is 46.9 Å². The van der Waals surface area contributed by atoms with E-state index in [0.29, 0.717) is 27.2 Å². The molecule has 2 aromatic carbocycles. The largest absolute Gasteiger partial charge is 0.435 e. The van der Waals surface area contributed by atoms with Crippen molar-refractivity contribution >= 4 is 32.7 Å². The summed E-state index contributed by atoms with van der Waals surface area (Å²) < 4.78 is 130. The minimum Gasteiger partial charge on any atom is -0.394 e. The third-order valence-electron chi connectivity index (χ3n) is 9.47. The van der Waals surface area contributed by atoms with Gasteiger partial charge in [0.15, 0.2) is 11.5 Å². The fourth-order valence-corrected chi connectivity index (χ4v) is 7.71. The number of halogens is 7. The summed E-state index contributed by atoms with van der Waals surface area (Å²) in [5.74, 6) is -3.80. The van der Waals surface area contributed by atoms with E-state index in [-0.39, 0.29) is 41.2 Å². The number of hydrogen-bond donors (Lipinski definition) is 4. The van der Waals surface area contributed by atoms with Gasteiger partial charge in [-0.3, -0.25) is 18.9 Å². The lowest BCUT2D eigenvalue weighted by Crippen LogP contribution is -2.35. The Kier molecular flexibility index (Phi) is 9.61. The molecule has 0 radical (unpaired) electrons. The summed E-state index contributed by atoms with van der Waals surface area (Å²) in [6.45, 7) is -1.58. The highest BCUT2D eigenvalue weighted by Crippen LogP contribution is 2.68. The van der Waals surface area contributed by atoms with Crippen molar-refractivity contribution in [3.63, 3.8) is 0 Å². The van der Waals surface area contributed by atoms with E-state index in [2.05, 4.69) is 37.1 Å². The number of aryl methyl sites for hydroxylation is 1. The maximum absolute atomic E-state index is 15.3. The molecule has 294 valence electrons. The second-order valence-corrected chi connectivity index (χ2v) is 15.4. The topological polar surface area (TPSA) is 170 Å². The highest BCUT2D eigenvalue weighted by Gasteiger charge is 2.68. The van der Waals surface area contributed by atoms with Crippen LogP contribution in [0.5, 0.6) is 0 Å². The summed E-state index contributed by atoms with van der Waals surface area (Å²) >= 11 is 0. The number of aromatic nitrogens is 5. The van der Waals surface area contributed by atoms with Crippen LogP contribution in [0.25, 0.3) is 22.0 Å². The molecule has 4 atom stereocenters. The lowest BCUT2D eigenvalue weighted by molar-refractivity contribution is -0.142. The predicted octanol–water partition coefficient (Wildman–Crippen LogP) is 4.48. The van der Waals surface area contributed by atoms with Gasteiger partial charge in [-0.05, 0) is 60.6 Å². The monoisotopic (exact) mass is 804 g/mol. The molecule has 12 nitrogen and oxygen atoms in total. The maximum Gasteiger partial charge on any atom is 0.435 e. The summed E-state index contributed by atoms with van der Waals surface area (Å²) in [7, 11) is -2.25. The number of alkyl halides is 5. The molecule has 2 aliphatic carbocycles. The Bertz CT molecular complexity index is 2560. The first-order valence-corrected chi connectivity index (χ1v) is 18.8. The average Bonchev–Trinajstić information content (AvgIpc) is 3.65. The van der Waals surface area contributed by atoms with Crippen LogP contribution < -0.4 is 15.8 Å². The van der Waals surface area contributed by atoms with Crippen molar-refractivity contribution in [2.75, 3.05) is 17.6 Å². The number of nitrogens with one attached hydrogen (secondary N) is 2. The number of anilines is 1. The van der Waals surface area contributed by atoms with Crippen molar-refractivity contribution in [2.45, 2.75) is 49.5 Å². The number of para-hydroxylation sites is 1. The fourth-order valence-electron chi connectivity index (χ4n) is 7.20. The molecular weight excluding hydrogens is 774 g/mol. The quantitative estimate of drug-likeness (QED) is 0.118. The van der Waals surface area contributed by atoms with Crippen LogP contribution in [0.1, 0.15) is 52.3 Å². The minimum atomic E-state index is -5.08. The molecule has 56 heavy (non-hydrogen) atoms. The van der Waals surface area contributed by atoms with E-state index in [0.717, 1.165) is 18.4 Å². The van der Waals surface area contributed by atoms with E-state index in [1.807, 2.05) is 0 Å². The first kappa shape index (κ1) is 38.7. The van der Waals surface area contributed by atoms with E-state index in [9.17, 15) is 40.3 Å². The van der Waals surface area contributed by atoms with E-state index >= 15 is 8.78 Å². The van der Waals surface area contributed by atoms with Crippen LogP contribution in [0.4, 0.5) is 36.6 Å². The molecule has 7 rings (SSSR count). The number of carbonyl (C=O) groups excluding carboxylic acids is 1. The maximum atomic E-state index is 15.3. The van der Waals surface area contributed by atoms with Gasteiger partial charge in [0.2, 0.25) is 15.9 Å². The number of benzene rings is 2. The second-order valence-electron chi connectivity index (χ2n) is 13.7. The molecule has 0 bridgehead atoms. The zero-order valence-corrected chi connectivity index (χ0v) is 30.1. The molecular formula is C36H31F7N8O4S. The Morgan fingerprint density at radius 2 is 1.82 bits per heavy atom. The molecule has 3 aromatic heterocycles. The number of rotatable bonds is 10. The molecule has 2 aliphatic rings. The minimum absolute atomic E-state index is 0.00341. The smallest absolute Gasteiger partial charge is 0.394 e. The Hall–Kier alpha value is -5.52. The molecule has 0 saturated heterocycles. The average molecular weight is 805 g/mol. The lowest BCUT2D eigenvalue weighted by atomic mass is 9.93. The van der Waals surface area contributed by atoms with Gasteiger partial charge in [0, 0.05) is 41.1 Å². The van der Waals surface area contributed by atoms with Crippen molar-refractivity contribution < 1.29 is 49.1 Å². The number of aliphatic hydroxyl groups is 1. The Morgan fingerprint density at radius 3 is 2.48 bits per heavy atom. The summed E-state index contributed by atoms with van der Waals surface area (Å²) in [6, 6.07) is 8.06. The van der Waals surface area contributed by atoms with E-state index in [1.54, 1.807) is 18.2 Å². The van der Waals surface area contributed by atoms with Crippen molar-refractivity contribution in [3.05, 3.63) is 94.1 Å². The van der Waals surface area contributed by atoms with Gasteiger partial charge in [0.25, 0.3) is 5.92 Å². The van der Waals surface area contributed by atoms with Crippen LogP contribution in [0.2, 0.25) is 0 Å². The van der Waals surface area contributed by atoms with Crippen molar-refractivity contribution in [1.82, 2.24) is 29.9 Å².